The molecule has 0 aliphatic heterocycles. The van der Waals surface area contributed by atoms with E-state index >= 15 is 0 Å². The average Bonchev–Trinajstić information content (AvgIpc) is 3.26. The summed E-state index contributed by atoms with van der Waals surface area (Å²) in [7, 11) is -0.763. The monoisotopic (exact) mass is 520 g/mol. The van der Waals surface area contributed by atoms with Crippen molar-refractivity contribution in [1.29, 1.82) is 0 Å². The Morgan fingerprint density at radius 2 is 1.55 bits per heavy atom. The summed E-state index contributed by atoms with van der Waals surface area (Å²) in [6.07, 6.45) is 4.95. The minimum absolute atomic E-state index is 0. The van der Waals surface area contributed by atoms with E-state index in [2.05, 4.69) is 75.5 Å². The van der Waals surface area contributed by atoms with Crippen LogP contribution < -0.4 is 28.1 Å². The molecule has 0 bridgehead atoms. The molecule has 154 valence electrons. The van der Waals surface area contributed by atoms with E-state index in [-0.39, 0.29) is 24.8 Å². The number of allylic oxidation sites excluding steroid dienone is 4. The van der Waals surface area contributed by atoms with Gasteiger partial charge in [-0.15, -0.1) is 0 Å². The van der Waals surface area contributed by atoms with Crippen molar-refractivity contribution in [2.24, 2.45) is 5.92 Å². The van der Waals surface area contributed by atoms with Gasteiger partial charge in [-0.3, -0.25) is 0 Å². The maximum absolute atomic E-state index is 2.56. The van der Waals surface area contributed by atoms with Crippen molar-refractivity contribution >= 4 is 12.1 Å². The largest absolute Gasteiger partial charge is 1.00 e. The molecule has 0 aromatic heterocycles. The molecule has 0 heterocycles. The molecule has 0 N–H and O–H groups in total. The predicted octanol–water partition coefficient (Wildman–Crippen LogP) is 0.266. The molecule has 0 atom stereocenters. The van der Waals surface area contributed by atoms with Crippen LogP contribution in [0.1, 0.15) is 45.2 Å². The Hall–Kier alpha value is -0.400. The molecular weight excluding hydrogens is 490 g/mol. The van der Waals surface area contributed by atoms with E-state index in [9.17, 15) is 0 Å². The van der Waals surface area contributed by atoms with Crippen LogP contribution in [0.3, 0.4) is 0 Å². The van der Waals surface area contributed by atoms with Gasteiger partial charge in [-0.2, -0.15) is 0 Å². The van der Waals surface area contributed by atoms with Crippen molar-refractivity contribution in [2.45, 2.75) is 53.6 Å². The molecule has 0 saturated heterocycles. The second kappa shape index (κ2) is 11.8. The number of hydrogen-bond acceptors (Lipinski definition) is 0. The molecule has 0 saturated carbocycles. The summed E-state index contributed by atoms with van der Waals surface area (Å²) in [6, 6.07) is 16.1. The Kier molecular flexibility index (Phi) is 10.9. The van der Waals surface area contributed by atoms with Gasteiger partial charge in [-0.25, -0.2) is 0 Å². The SMILES string of the molecule is CC.CC(C)C1=CC[C]([Zr+2][c]2cccc3c2Cc2ccccc2-3)=C1[SiH](C)C.[Cl-].[Cl-]. The van der Waals surface area contributed by atoms with Crippen LogP contribution in [-0.2, 0) is 29.7 Å². The fourth-order valence-corrected chi connectivity index (χ4v) is 12.2. The smallest absolute Gasteiger partial charge is 1.00 e. The zero-order valence-electron chi connectivity index (χ0n) is 18.4. The Bertz CT molecular complexity index is 897. The first-order valence-corrected chi connectivity index (χ1v) is 15.8. The van der Waals surface area contributed by atoms with Gasteiger partial charge in [0.25, 0.3) is 0 Å². The first kappa shape index (κ1) is 26.6. The molecule has 0 amide bonds. The molecule has 0 fully saturated rings. The van der Waals surface area contributed by atoms with Gasteiger partial charge in [0, 0.05) is 0 Å². The minimum atomic E-state index is -0.763. The van der Waals surface area contributed by atoms with Crippen LogP contribution in [0.2, 0.25) is 13.1 Å². The van der Waals surface area contributed by atoms with Gasteiger partial charge in [0.1, 0.15) is 0 Å². The first-order valence-electron chi connectivity index (χ1n) is 10.5. The predicted molar refractivity (Wildman–Crippen MR) is 119 cm³/mol. The van der Waals surface area contributed by atoms with Gasteiger partial charge < -0.3 is 24.8 Å². The molecule has 0 radical (unpaired) electrons. The van der Waals surface area contributed by atoms with Crippen molar-refractivity contribution in [3.63, 3.8) is 0 Å². The fraction of sp³-hybridized carbons (Fsp3) is 0.360. The molecule has 0 spiro atoms. The number of fused-ring (bicyclic) bond motifs is 3. The number of halogens is 2. The fourth-order valence-electron chi connectivity index (χ4n) is 4.39. The third-order valence-electron chi connectivity index (χ3n) is 5.50. The Morgan fingerprint density at radius 1 is 0.897 bits per heavy atom. The maximum atomic E-state index is 2.56. The molecule has 2 aliphatic carbocycles. The van der Waals surface area contributed by atoms with E-state index in [0.717, 1.165) is 6.42 Å². The number of hydrogen-bond donors (Lipinski definition) is 0. The van der Waals surface area contributed by atoms with Crippen LogP contribution in [0, 0.1) is 5.92 Å². The summed E-state index contributed by atoms with van der Waals surface area (Å²) in [5.41, 5.74) is 7.83. The average molecular weight is 523 g/mol. The van der Waals surface area contributed by atoms with Crippen molar-refractivity contribution in [3.8, 4) is 11.1 Å². The van der Waals surface area contributed by atoms with Gasteiger partial charge in [0.15, 0.2) is 0 Å². The summed E-state index contributed by atoms with van der Waals surface area (Å²) in [6.45, 7) is 13.8. The van der Waals surface area contributed by atoms with Crippen molar-refractivity contribution in [3.05, 3.63) is 73.7 Å². The number of rotatable bonds is 4. The summed E-state index contributed by atoms with van der Waals surface area (Å²) in [4.78, 5) is 0. The normalized spacial score (nSPS) is 13.6. The van der Waals surface area contributed by atoms with Gasteiger partial charge in [0.05, 0.1) is 0 Å². The second-order valence-corrected chi connectivity index (χ2v) is 14.2. The first-order chi connectivity index (χ1) is 13.1. The van der Waals surface area contributed by atoms with E-state index in [1.54, 1.807) is 14.4 Å². The quantitative estimate of drug-likeness (QED) is 0.432. The standard InChI is InChI=1S/C13H9.C10H17Si.C2H6.2ClH.Zr/c1-3-7-12-10(5-1)9-11-6-2-4-8-13(11)12;1-8(2)9-6-5-7-10(9)11(3)4;1-2;;;/h1-5,7-8H,9H2;6,8,11H,5H2,1-4H3;1-2H3;2*1H;/q;;;;;+2/p-2. The third-order valence-corrected chi connectivity index (χ3v) is 11.8. The maximum Gasteiger partial charge on any atom is -1.00 e. The Morgan fingerprint density at radius 3 is 2.21 bits per heavy atom. The van der Waals surface area contributed by atoms with Crippen molar-refractivity contribution < 1.29 is 48.0 Å². The van der Waals surface area contributed by atoms with Crippen LogP contribution in [-0.4, -0.2) is 8.80 Å². The van der Waals surface area contributed by atoms with Gasteiger partial charge >= 0.3 is 166 Å². The molecule has 0 unspecified atom stereocenters. The van der Waals surface area contributed by atoms with Crippen molar-refractivity contribution in [2.75, 3.05) is 0 Å². The molecule has 0 nitrogen and oxygen atoms in total. The summed E-state index contributed by atoms with van der Waals surface area (Å²) < 4.78 is 3.59. The zero-order valence-corrected chi connectivity index (χ0v) is 23.6. The molecular formula is C25H32Cl2SiZr. The summed E-state index contributed by atoms with van der Waals surface area (Å²) >= 11 is -0.700. The van der Waals surface area contributed by atoms with E-state index in [4.69, 9.17) is 0 Å². The van der Waals surface area contributed by atoms with Crippen LogP contribution in [0.4, 0.5) is 0 Å². The Labute approximate surface area is 203 Å². The minimum Gasteiger partial charge on any atom is -1.00 e. The molecule has 4 rings (SSSR count). The van der Waals surface area contributed by atoms with Crippen LogP contribution in [0.25, 0.3) is 11.1 Å². The van der Waals surface area contributed by atoms with Gasteiger partial charge in [-0.1, -0.05) is 13.8 Å². The molecule has 29 heavy (non-hydrogen) atoms. The molecule has 4 heteroatoms. The molecule has 2 aromatic carbocycles. The van der Waals surface area contributed by atoms with Crippen molar-refractivity contribution in [1.82, 2.24) is 0 Å². The third kappa shape index (κ3) is 5.45. The molecule has 2 aromatic rings. The van der Waals surface area contributed by atoms with E-state index in [1.165, 1.54) is 23.1 Å². The number of benzene rings is 2. The van der Waals surface area contributed by atoms with Gasteiger partial charge in [0.2, 0.25) is 0 Å². The topological polar surface area (TPSA) is 0 Å². The zero-order chi connectivity index (χ0) is 19.6. The van der Waals surface area contributed by atoms with E-state index < -0.39 is 32.0 Å². The van der Waals surface area contributed by atoms with Crippen LogP contribution >= 0.6 is 0 Å². The second-order valence-electron chi connectivity index (χ2n) is 7.86. The summed E-state index contributed by atoms with van der Waals surface area (Å²) in [5.74, 6) is 0.688. The van der Waals surface area contributed by atoms with Gasteiger partial charge in [-0.05, 0) is 0 Å². The van der Waals surface area contributed by atoms with E-state index in [1.807, 2.05) is 22.3 Å². The van der Waals surface area contributed by atoms with Crippen LogP contribution in [0.5, 0.6) is 0 Å². The molecule has 2 aliphatic rings. The van der Waals surface area contributed by atoms with Crippen LogP contribution in [0.15, 0.2) is 62.6 Å². The summed E-state index contributed by atoms with van der Waals surface area (Å²) in [5, 5.41) is 1.84. The van der Waals surface area contributed by atoms with E-state index in [0.29, 0.717) is 5.92 Å². The Balaban J connectivity index is 0.00000102.